The fourth-order valence-electron chi connectivity index (χ4n) is 3.18. The van der Waals surface area contributed by atoms with Crippen LogP contribution in [0.25, 0.3) is 0 Å². The minimum atomic E-state index is -0.0167. The standard InChI is InChI=1S/C19H23N3OS/c1-24-17-7-5-6-16(14-17)21-19(23)22-13-4-2-3-8-18(22)15-9-11-20-12-10-15/h5-7,9-12,14,18H,2-4,8,13H2,1H3,(H,21,23). The molecule has 2 heterocycles. The molecule has 0 radical (unpaired) electrons. The number of carbonyl (C=O) groups excluding carboxylic acids is 1. The number of thioether (sulfide) groups is 1. The van der Waals surface area contributed by atoms with Crippen molar-refractivity contribution in [3.63, 3.8) is 0 Å². The first-order valence-corrected chi connectivity index (χ1v) is 9.62. The molecule has 1 aromatic carbocycles. The third kappa shape index (κ3) is 4.09. The lowest BCUT2D eigenvalue weighted by molar-refractivity contribution is 0.189. The van der Waals surface area contributed by atoms with Gasteiger partial charge in [0.2, 0.25) is 0 Å². The average Bonchev–Trinajstić information content (AvgIpc) is 2.88. The third-order valence-electron chi connectivity index (χ3n) is 4.43. The van der Waals surface area contributed by atoms with Gasteiger partial charge in [0.1, 0.15) is 0 Å². The highest BCUT2D eigenvalue weighted by Gasteiger charge is 2.26. The molecule has 2 aromatic rings. The second kappa shape index (κ2) is 8.20. The Kier molecular flexibility index (Phi) is 5.75. The Morgan fingerprint density at radius 3 is 2.83 bits per heavy atom. The molecule has 0 aliphatic carbocycles. The number of pyridine rings is 1. The molecule has 2 amide bonds. The Hall–Kier alpha value is -2.01. The second-order valence-corrected chi connectivity index (χ2v) is 6.88. The van der Waals surface area contributed by atoms with E-state index in [0.29, 0.717) is 0 Å². The summed E-state index contributed by atoms with van der Waals surface area (Å²) in [5, 5.41) is 3.07. The van der Waals surface area contributed by atoms with Crippen molar-refractivity contribution in [2.75, 3.05) is 18.1 Å². The lowest BCUT2D eigenvalue weighted by atomic mass is 10.0. The maximum absolute atomic E-state index is 12.9. The number of nitrogens with zero attached hydrogens (tertiary/aromatic N) is 2. The van der Waals surface area contributed by atoms with Crippen molar-refractivity contribution >= 4 is 23.5 Å². The van der Waals surface area contributed by atoms with Gasteiger partial charge in [-0.3, -0.25) is 4.98 Å². The summed E-state index contributed by atoms with van der Waals surface area (Å²) >= 11 is 1.67. The van der Waals surface area contributed by atoms with Gasteiger partial charge in [-0.2, -0.15) is 0 Å². The van der Waals surface area contributed by atoms with Gasteiger partial charge in [0.05, 0.1) is 6.04 Å². The molecular formula is C19H23N3OS. The fraction of sp³-hybridized carbons (Fsp3) is 0.368. The maximum Gasteiger partial charge on any atom is 0.322 e. The number of hydrogen-bond acceptors (Lipinski definition) is 3. The highest BCUT2D eigenvalue weighted by Crippen LogP contribution is 2.30. The zero-order valence-electron chi connectivity index (χ0n) is 13.9. The van der Waals surface area contributed by atoms with Crippen LogP contribution in [-0.2, 0) is 0 Å². The van der Waals surface area contributed by atoms with E-state index in [0.717, 1.165) is 36.4 Å². The zero-order valence-corrected chi connectivity index (χ0v) is 14.8. The van der Waals surface area contributed by atoms with E-state index in [2.05, 4.69) is 10.3 Å². The van der Waals surface area contributed by atoms with E-state index < -0.39 is 0 Å². The van der Waals surface area contributed by atoms with Crippen molar-refractivity contribution in [1.82, 2.24) is 9.88 Å². The van der Waals surface area contributed by atoms with Crippen LogP contribution < -0.4 is 5.32 Å². The van der Waals surface area contributed by atoms with E-state index in [9.17, 15) is 4.79 Å². The van der Waals surface area contributed by atoms with Crippen LogP contribution in [0.1, 0.15) is 37.3 Å². The van der Waals surface area contributed by atoms with E-state index >= 15 is 0 Å². The predicted octanol–water partition coefficient (Wildman–Crippen LogP) is 4.95. The first kappa shape index (κ1) is 16.8. The summed E-state index contributed by atoms with van der Waals surface area (Å²) in [6.07, 6.45) is 10.0. The van der Waals surface area contributed by atoms with Gasteiger partial charge in [0.25, 0.3) is 0 Å². The van der Waals surface area contributed by atoms with Crippen LogP contribution in [0.15, 0.2) is 53.7 Å². The Morgan fingerprint density at radius 1 is 1.21 bits per heavy atom. The van der Waals surface area contributed by atoms with Gasteiger partial charge >= 0.3 is 6.03 Å². The van der Waals surface area contributed by atoms with E-state index in [1.807, 2.05) is 47.6 Å². The van der Waals surface area contributed by atoms with Crippen molar-refractivity contribution < 1.29 is 4.79 Å². The molecule has 1 unspecified atom stereocenters. The Balaban J connectivity index is 1.79. The number of likely N-dealkylation sites (tertiary alicyclic amines) is 1. The molecular weight excluding hydrogens is 318 g/mol. The minimum absolute atomic E-state index is 0.0167. The number of anilines is 1. The van der Waals surface area contributed by atoms with Gasteiger partial charge in [-0.15, -0.1) is 11.8 Å². The number of urea groups is 1. The number of hydrogen-bond donors (Lipinski definition) is 1. The normalized spacial score (nSPS) is 18.0. The molecule has 1 atom stereocenters. The van der Waals surface area contributed by atoms with Crippen molar-refractivity contribution in [3.8, 4) is 0 Å². The minimum Gasteiger partial charge on any atom is -0.317 e. The molecule has 3 rings (SSSR count). The molecule has 5 heteroatoms. The maximum atomic E-state index is 12.9. The van der Waals surface area contributed by atoms with Crippen LogP contribution in [0.2, 0.25) is 0 Å². The molecule has 1 aliphatic rings. The molecule has 0 spiro atoms. The van der Waals surface area contributed by atoms with Gasteiger partial charge in [-0.25, -0.2) is 4.79 Å². The molecule has 24 heavy (non-hydrogen) atoms. The highest BCUT2D eigenvalue weighted by atomic mass is 32.2. The lowest BCUT2D eigenvalue weighted by Gasteiger charge is -2.30. The molecule has 1 fully saturated rings. The number of amides is 2. The van der Waals surface area contributed by atoms with Crippen molar-refractivity contribution in [2.45, 2.75) is 36.6 Å². The van der Waals surface area contributed by atoms with Gasteiger partial charge in [0.15, 0.2) is 0 Å². The van der Waals surface area contributed by atoms with Crippen molar-refractivity contribution in [3.05, 3.63) is 54.4 Å². The fourth-order valence-corrected chi connectivity index (χ4v) is 3.64. The van der Waals surface area contributed by atoms with Gasteiger partial charge in [-0.05, 0) is 55.0 Å². The molecule has 0 bridgehead atoms. The van der Waals surface area contributed by atoms with E-state index in [1.165, 1.54) is 12.0 Å². The molecule has 1 aliphatic heterocycles. The van der Waals surface area contributed by atoms with E-state index in [-0.39, 0.29) is 12.1 Å². The topological polar surface area (TPSA) is 45.2 Å². The molecule has 126 valence electrons. The molecule has 1 saturated heterocycles. The molecule has 1 N–H and O–H groups in total. The SMILES string of the molecule is CSc1cccc(NC(=O)N2CCCCCC2c2ccncc2)c1. The predicted molar refractivity (Wildman–Crippen MR) is 99.4 cm³/mol. The van der Waals surface area contributed by atoms with Crippen LogP contribution >= 0.6 is 11.8 Å². The van der Waals surface area contributed by atoms with Crippen LogP contribution in [-0.4, -0.2) is 28.7 Å². The number of aromatic nitrogens is 1. The first-order chi connectivity index (χ1) is 11.8. The average molecular weight is 341 g/mol. The Labute approximate surface area is 147 Å². The molecule has 4 nitrogen and oxygen atoms in total. The summed E-state index contributed by atoms with van der Waals surface area (Å²) in [6.45, 7) is 0.793. The summed E-state index contributed by atoms with van der Waals surface area (Å²) in [5.41, 5.74) is 2.02. The van der Waals surface area contributed by atoms with E-state index in [1.54, 1.807) is 24.2 Å². The summed E-state index contributed by atoms with van der Waals surface area (Å²) in [7, 11) is 0. The van der Waals surface area contributed by atoms with Crippen LogP contribution in [0, 0.1) is 0 Å². The van der Waals surface area contributed by atoms with Crippen molar-refractivity contribution in [1.29, 1.82) is 0 Å². The molecule has 0 saturated carbocycles. The van der Waals surface area contributed by atoms with Crippen LogP contribution in [0.5, 0.6) is 0 Å². The van der Waals surface area contributed by atoms with Crippen LogP contribution in [0.3, 0.4) is 0 Å². The summed E-state index contributed by atoms with van der Waals surface area (Å²) in [6, 6.07) is 12.1. The number of benzene rings is 1. The summed E-state index contributed by atoms with van der Waals surface area (Å²) < 4.78 is 0. The van der Waals surface area contributed by atoms with Gasteiger partial charge < -0.3 is 10.2 Å². The number of carbonyl (C=O) groups is 1. The van der Waals surface area contributed by atoms with Gasteiger partial charge in [-0.1, -0.05) is 18.9 Å². The Morgan fingerprint density at radius 2 is 2.04 bits per heavy atom. The quantitative estimate of drug-likeness (QED) is 0.803. The highest BCUT2D eigenvalue weighted by molar-refractivity contribution is 7.98. The van der Waals surface area contributed by atoms with E-state index in [4.69, 9.17) is 0 Å². The summed E-state index contributed by atoms with van der Waals surface area (Å²) in [4.78, 5) is 20.1. The Bertz CT molecular complexity index is 677. The zero-order chi connectivity index (χ0) is 16.8. The van der Waals surface area contributed by atoms with Crippen molar-refractivity contribution in [2.24, 2.45) is 0 Å². The first-order valence-electron chi connectivity index (χ1n) is 8.39. The smallest absolute Gasteiger partial charge is 0.317 e. The number of rotatable bonds is 3. The van der Waals surface area contributed by atoms with Crippen LogP contribution in [0.4, 0.5) is 10.5 Å². The summed E-state index contributed by atoms with van der Waals surface area (Å²) in [5.74, 6) is 0. The third-order valence-corrected chi connectivity index (χ3v) is 5.15. The number of nitrogens with one attached hydrogen (secondary N) is 1. The van der Waals surface area contributed by atoms with Gasteiger partial charge in [0, 0.05) is 29.5 Å². The lowest BCUT2D eigenvalue weighted by Crippen LogP contribution is -2.38. The monoisotopic (exact) mass is 341 g/mol. The second-order valence-electron chi connectivity index (χ2n) is 6.00. The molecule has 1 aromatic heterocycles. The largest absolute Gasteiger partial charge is 0.322 e.